The minimum absolute atomic E-state index is 0.0988. The fraction of sp³-hybridized carbons (Fsp3) is 0.533. The lowest BCUT2D eigenvalue weighted by Gasteiger charge is -2.22. The van der Waals surface area contributed by atoms with Crippen LogP contribution in [0.3, 0.4) is 0 Å². The Kier molecular flexibility index (Phi) is 4.44. The number of Topliss-reactive ketones (excluding diaryl/α,β-unsaturated/α-hetero) is 1. The third-order valence-corrected chi connectivity index (χ3v) is 2.66. The maximum Gasteiger partial charge on any atom is 0.163 e. The van der Waals surface area contributed by atoms with Crippen LogP contribution in [0.4, 0.5) is 4.39 Å². The van der Waals surface area contributed by atoms with Crippen molar-refractivity contribution in [3.05, 3.63) is 35.6 Å². The lowest BCUT2D eigenvalue weighted by molar-refractivity contribution is 0.0954. The van der Waals surface area contributed by atoms with Crippen LogP contribution in [0.2, 0.25) is 0 Å². The average molecular weight is 236 g/mol. The molecule has 17 heavy (non-hydrogen) atoms. The summed E-state index contributed by atoms with van der Waals surface area (Å²) < 4.78 is 12.7. The van der Waals surface area contributed by atoms with E-state index in [4.69, 9.17) is 0 Å². The Balaban J connectivity index is 2.57. The van der Waals surface area contributed by atoms with Gasteiger partial charge in [-0.05, 0) is 42.0 Å². The van der Waals surface area contributed by atoms with Crippen molar-refractivity contribution in [3.63, 3.8) is 0 Å². The van der Waals surface area contributed by atoms with Crippen molar-refractivity contribution in [2.75, 3.05) is 0 Å². The number of carbonyl (C=O) groups excluding carboxylic acids is 1. The van der Waals surface area contributed by atoms with Crippen molar-refractivity contribution in [3.8, 4) is 0 Å². The van der Waals surface area contributed by atoms with Crippen molar-refractivity contribution in [2.45, 2.75) is 40.5 Å². The van der Waals surface area contributed by atoms with Gasteiger partial charge in [-0.3, -0.25) is 4.79 Å². The summed E-state index contributed by atoms with van der Waals surface area (Å²) >= 11 is 0. The highest BCUT2D eigenvalue weighted by Crippen LogP contribution is 2.26. The van der Waals surface area contributed by atoms with Gasteiger partial charge in [-0.25, -0.2) is 4.39 Å². The summed E-state index contributed by atoms with van der Waals surface area (Å²) in [5.41, 5.74) is 0.842. The van der Waals surface area contributed by atoms with E-state index in [1.54, 1.807) is 12.1 Å². The molecule has 0 fully saturated rings. The standard InChI is InChI=1S/C15H21FO/c1-11(10-15(2,3)4)9-14(17)12-5-7-13(16)8-6-12/h5-8,11H,9-10H2,1-4H3. The molecular weight excluding hydrogens is 215 g/mol. The Bertz CT molecular complexity index is 373. The predicted molar refractivity (Wildman–Crippen MR) is 68.6 cm³/mol. The van der Waals surface area contributed by atoms with Gasteiger partial charge in [-0.1, -0.05) is 27.7 Å². The van der Waals surface area contributed by atoms with E-state index < -0.39 is 0 Å². The molecule has 1 aromatic rings. The number of halogens is 1. The molecule has 0 aliphatic rings. The summed E-state index contributed by atoms with van der Waals surface area (Å²) in [6.45, 7) is 8.61. The highest BCUT2D eigenvalue weighted by Gasteiger charge is 2.18. The van der Waals surface area contributed by atoms with E-state index in [-0.39, 0.29) is 17.0 Å². The molecule has 0 aromatic heterocycles. The number of hydrogen-bond acceptors (Lipinski definition) is 1. The number of benzene rings is 1. The smallest absolute Gasteiger partial charge is 0.163 e. The molecule has 1 aromatic carbocycles. The van der Waals surface area contributed by atoms with E-state index in [9.17, 15) is 9.18 Å². The van der Waals surface area contributed by atoms with Crippen LogP contribution < -0.4 is 0 Å². The number of hydrogen-bond donors (Lipinski definition) is 0. The Morgan fingerprint density at radius 1 is 1.24 bits per heavy atom. The first kappa shape index (κ1) is 13.9. The summed E-state index contributed by atoms with van der Waals surface area (Å²) in [7, 11) is 0. The van der Waals surface area contributed by atoms with Gasteiger partial charge in [0.15, 0.2) is 5.78 Å². The third-order valence-electron chi connectivity index (χ3n) is 2.66. The second kappa shape index (κ2) is 5.44. The van der Waals surface area contributed by atoms with Crippen LogP contribution in [0.25, 0.3) is 0 Å². The Morgan fingerprint density at radius 2 is 1.76 bits per heavy atom. The molecule has 0 radical (unpaired) electrons. The van der Waals surface area contributed by atoms with Gasteiger partial charge < -0.3 is 0 Å². The minimum Gasteiger partial charge on any atom is -0.294 e. The second-order valence-electron chi connectivity index (χ2n) is 6.00. The van der Waals surface area contributed by atoms with Crippen LogP contribution in [0.1, 0.15) is 50.9 Å². The monoisotopic (exact) mass is 236 g/mol. The zero-order valence-corrected chi connectivity index (χ0v) is 11.1. The molecule has 2 heteroatoms. The van der Waals surface area contributed by atoms with Crippen LogP contribution in [0.15, 0.2) is 24.3 Å². The maximum absolute atomic E-state index is 12.7. The minimum atomic E-state index is -0.302. The first-order chi connectivity index (χ1) is 7.78. The summed E-state index contributed by atoms with van der Waals surface area (Å²) in [4.78, 5) is 11.9. The molecule has 1 unspecified atom stereocenters. The van der Waals surface area contributed by atoms with E-state index in [0.29, 0.717) is 17.9 Å². The molecule has 0 N–H and O–H groups in total. The highest BCUT2D eigenvalue weighted by molar-refractivity contribution is 5.96. The zero-order valence-electron chi connectivity index (χ0n) is 11.1. The SMILES string of the molecule is CC(CC(=O)c1ccc(F)cc1)CC(C)(C)C. The fourth-order valence-corrected chi connectivity index (χ4v) is 2.19. The molecule has 1 atom stereocenters. The van der Waals surface area contributed by atoms with Crippen LogP contribution in [0, 0.1) is 17.2 Å². The molecule has 0 aliphatic carbocycles. The quantitative estimate of drug-likeness (QED) is 0.705. The van der Waals surface area contributed by atoms with E-state index in [1.165, 1.54) is 12.1 Å². The Labute approximate surface area is 103 Å². The van der Waals surface area contributed by atoms with Crippen LogP contribution >= 0.6 is 0 Å². The molecule has 1 nitrogen and oxygen atoms in total. The molecule has 0 saturated heterocycles. The van der Waals surface area contributed by atoms with E-state index in [1.807, 2.05) is 0 Å². The Hall–Kier alpha value is -1.18. The second-order valence-corrected chi connectivity index (χ2v) is 6.00. The largest absolute Gasteiger partial charge is 0.294 e. The molecule has 0 aliphatic heterocycles. The molecular formula is C15H21FO. The van der Waals surface area contributed by atoms with Crippen molar-refractivity contribution in [2.24, 2.45) is 11.3 Å². The highest BCUT2D eigenvalue weighted by atomic mass is 19.1. The summed E-state index contributed by atoms with van der Waals surface area (Å²) in [5, 5.41) is 0. The van der Waals surface area contributed by atoms with E-state index in [0.717, 1.165) is 6.42 Å². The van der Waals surface area contributed by atoms with Crippen molar-refractivity contribution in [1.82, 2.24) is 0 Å². The lowest BCUT2D eigenvalue weighted by Crippen LogP contribution is -2.14. The first-order valence-electron chi connectivity index (χ1n) is 6.07. The normalized spacial score (nSPS) is 13.5. The molecule has 0 heterocycles. The van der Waals surface area contributed by atoms with Crippen LogP contribution in [-0.2, 0) is 0 Å². The van der Waals surface area contributed by atoms with Gasteiger partial charge >= 0.3 is 0 Å². The van der Waals surface area contributed by atoms with Crippen molar-refractivity contribution < 1.29 is 9.18 Å². The van der Waals surface area contributed by atoms with Crippen LogP contribution in [0.5, 0.6) is 0 Å². The molecule has 0 amide bonds. The van der Waals surface area contributed by atoms with Gasteiger partial charge in [0.2, 0.25) is 0 Å². The molecule has 1 rings (SSSR count). The van der Waals surface area contributed by atoms with Gasteiger partial charge in [-0.2, -0.15) is 0 Å². The van der Waals surface area contributed by atoms with Gasteiger partial charge in [0.1, 0.15) is 5.82 Å². The number of ketones is 1. The van der Waals surface area contributed by atoms with Crippen molar-refractivity contribution >= 4 is 5.78 Å². The molecule has 0 spiro atoms. The van der Waals surface area contributed by atoms with Gasteiger partial charge in [0, 0.05) is 12.0 Å². The maximum atomic E-state index is 12.7. The summed E-state index contributed by atoms with van der Waals surface area (Å²) in [6.07, 6.45) is 1.54. The fourth-order valence-electron chi connectivity index (χ4n) is 2.19. The van der Waals surface area contributed by atoms with Crippen LogP contribution in [-0.4, -0.2) is 5.78 Å². The average Bonchev–Trinajstić information content (AvgIpc) is 2.15. The summed E-state index contributed by atoms with van der Waals surface area (Å²) in [5.74, 6) is 0.151. The van der Waals surface area contributed by atoms with E-state index >= 15 is 0 Å². The van der Waals surface area contributed by atoms with Gasteiger partial charge in [0.05, 0.1) is 0 Å². The van der Waals surface area contributed by atoms with E-state index in [2.05, 4.69) is 27.7 Å². The zero-order chi connectivity index (χ0) is 13.1. The summed E-state index contributed by atoms with van der Waals surface area (Å²) in [6, 6.07) is 5.78. The number of carbonyl (C=O) groups is 1. The Morgan fingerprint density at radius 3 is 2.24 bits per heavy atom. The first-order valence-corrected chi connectivity index (χ1v) is 6.07. The van der Waals surface area contributed by atoms with Gasteiger partial charge in [0.25, 0.3) is 0 Å². The molecule has 94 valence electrons. The topological polar surface area (TPSA) is 17.1 Å². The predicted octanol–water partition coefficient (Wildman–Crippen LogP) is 4.47. The molecule has 0 bridgehead atoms. The number of rotatable bonds is 4. The van der Waals surface area contributed by atoms with Gasteiger partial charge in [-0.15, -0.1) is 0 Å². The van der Waals surface area contributed by atoms with Crippen molar-refractivity contribution in [1.29, 1.82) is 0 Å². The molecule has 0 saturated carbocycles. The lowest BCUT2D eigenvalue weighted by atomic mass is 9.83. The third kappa shape index (κ3) is 5.12.